The Balaban J connectivity index is 2.18. The van der Waals surface area contributed by atoms with E-state index >= 15 is 0 Å². The van der Waals surface area contributed by atoms with Gasteiger partial charge >= 0.3 is 0 Å². The molecular formula is C25H32Cl3N3O4S. The summed E-state index contributed by atoms with van der Waals surface area (Å²) in [5.41, 5.74) is 1.07. The van der Waals surface area contributed by atoms with Crippen LogP contribution in [0.3, 0.4) is 0 Å². The topological polar surface area (TPSA) is 86.8 Å². The molecule has 2 rings (SSSR count). The van der Waals surface area contributed by atoms with Crippen LogP contribution in [0.15, 0.2) is 42.5 Å². The molecule has 0 saturated heterocycles. The van der Waals surface area contributed by atoms with E-state index in [9.17, 15) is 18.0 Å². The van der Waals surface area contributed by atoms with Crippen LogP contribution in [0.1, 0.15) is 45.1 Å². The maximum absolute atomic E-state index is 13.3. The number of carbonyl (C=O) groups is 2. The van der Waals surface area contributed by atoms with Gasteiger partial charge in [0, 0.05) is 41.1 Å². The summed E-state index contributed by atoms with van der Waals surface area (Å²) in [5, 5.41) is 4.13. The third kappa shape index (κ3) is 9.14. The van der Waals surface area contributed by atoms with Gasteiger partial charge in [-0.3, -0.25) is 13.9 Å². The molecule has 1 N–H and O–H groups in total. The molecule has 0 unspecified atom stereocenters. The normalized spacial score (nSPS) is 12.2. The van der Waals surface area contributed by atoms with E-state index < -0.39 is 16.1 Å². The van der Waals surface area contributed by atoms with Crippen molar-refractivity contribution in [2.75, 3.05) is 23.7 Å². The van der Waals surface area contributed by atoms with Crippen molar-refractivity contribution in [3.8, 4) is 0 Å². The van der Waals surface area contributed by atoms with Gasteiger partial charge in [0.25, 0.3) is 0 Å². The average molecular weight is 577 g/mol. The molecule has 1 atom stereocenters. The van der Waals surface area contributed by atoms with Crippen molar-refractivity contribution < 1.29 is 18.0 Å². The first-order valence-electron chi connectivity index (χ1n) is 11.7. The zero-order chi connectivity index (χ0) is 26.9. The molecule has 0 saturated carbocycles. The second-order valence-electron chi connectivity index (χ2n) is 8.50. The van der Waals surface area contributed by atoms with Gasteiger partial charge in [-0.05, 0) is 55.7 Å². The second-order valence-corrected chi connectivity index (χ2v) is 11.7. The molecule has 0 aromatic heterocycles. The number of nitrogens with zero attached hydrogens (tertiary/aromatic N) is 2. The Bertz CT molecular complexity index is 1160. The maximum Gasteiger partial charge on any atom is 0.242 e. The molecule has 198 valence electrons. The fourth-order valence-electron chi connectivity index (χ4n) is 3.59. The zero-order valence-corrected chi connectivity index (χ0v) is 23.7. The van der Waals surface area contributed by atoms with E-state index in [2.05, 4.69) is 5.32 Å². The molecule has 0 aliphatic heterocycles. The molecule has 0 heterocycles. The lowest BCUT2D eigenvalue weighted by Crippen LogP contribution is -2.48. The Morgan fingerprint density at radius 3 is 2.33 bits per heavy atom. The number of hydrogen-bond acceptors (Lipinski definition) is 4. The maximum atomic E-state index is 13.3. The van der Waals surface area contributed by atoms with Crippen molar-refractivity contribution in [3.63, 3.8) is 0 Å². The molecule has 0 fully saturated rings. The van der Waals surface area contributed by atoms with E-state index in [0.717, 1.165) is 19.1 Å². The average Bonchev–Trinajstić information content (AvgIpc) is 2.80. The Hall–Kier alpha value is -2.00. The van der Waals surface area contributed by atoms with E-state index in [1.54, 1.807) is 49.4 Å². The first-order valence-corrected chi connectivity index (χ1v) is 14.7. The highest BCUT2D eigenvalue weighted by Crippen LogP contribution is 2.25. The molecule has 0 radical (unpaired) electrons. The molecule has 0 aliphatic rings. The van der Waals surface area contributed by atoms with Gasteiger partial charge in [0.1, 0.15) is 6.04 Å². The van der Waals surface area contributed by atoms with Crippen molar-refractivity contribution >= 4 is 62.3 Å². The highest BCUT2D eigenvalue weighted by atomic mass is 35.5. The fourth-order valence-corrected chi connectivity index (χ4v) is 5.20. The minimum Gasteiger partial charge on any atom is -0.354 e. The lowest BCUT2D eigenvalue weighted by atomic mass is 10.1. The summed E-state index contributed by atoms with van der Waals surface area (Å²) in [5.74, 6) is -0.558. The van der Waals surface area contributed by atoms with Gasteiger partial charge in [0.2, 0.25) is 21.8 Å². The Morgan fingerprint density at radius 2 is 1.72 bits per heavy atom. The molecule has 2 aromatic rings. The standard InChI is InChI=1S/C25H32Cl3N3O4S/c1-4-5-13-29-25(33)18(2)30(17-19-11-12-21(27)16-23(19)28)24(32)10-7-14-31(36(3,34)35)22-9-6-8-20(26)15-22/h6,8-9,11-12,15-16,18H,4-5,7,10,13-14,17H2,1-3H3,(H,29,33)/t18-/m0/s1. The molecule has 2 amide bonds. The Morgan fingerprint density at radius 1 is 1.03 bits per heavy atom. The van der Waals surface area contributed by atoms with Crippen LogP contribution >= 0.6 is 34.8 Å². The van der Waals surface area contributed by atoms with Crippen LogP contribution in [0.25, 0.3) is 0 Å². The molecule has 0 aliphatic carbocycles. The first-order chi connectivity index (χ1) is 16.9. The summed E-state index contributed by atoms with van der Waals surface area (Å²) >= 11 is 18.4. The summed E-state index contributed by atoms with van der Waals surface area (Å²) in [6, 6.07) is 10.7. The molecular weight excluding hydrogens is 545 g/mol. The molecule has 2 aromatic carbocycles. The van der Waals surface area contributed by atoms with E-state index in [-0.39, 0.29) is 37.7 Å². The van der Waals surface area contributed by atoms with Crippen molar-refractivity contribution in [1.82, 2.24) is 10.2 Å². The number of anilines is 1. The van der Waals surface area contributed by atoms with Crippen LogP contribution in [0, 0.1) is 0 Å². The van der Waals surface area contributed by atoms with E-state index in [0.29, 0.717) is 32.9 Å². The first kappa shape index (κ1) is 30.2. The number of hydrogen-bond donors (Lipinski definition) is 1. The number of amides is 2. The quantitative estimate of drug-likeness (QED) is 0.318. The summed E-state index contributed by atoms with van der Waals surface area (Å²) in [7, 11) is -3.60. The van der Waals surface area contributed by atoms with Gasteiger partial charge in [-0.25, -0.2) is 8.42 Å². The smallest absolute Gasteiger partial charge is 0.242 e. The van der Waals surface area contributed by atoms with Crippen LogP contribution in [-0.4, -0.2) is 50.5 Å². The number of halogens is 3. The Kier molecular flexibility index (Phi) is 11.8. The molecule has 0 bridgehead atoms. The van der Waals surface area contributed by atoms with E-state index in [4.69, 9.17) is 34.8 Å². The lowest BCUT2D eigenvalue weighted by molar-refractivity contribution is -0.140. The molecule has 11 heteroatoms. The largest absolute Gasteiger partial charge is 0.354 e. The fraction of sp³-hybridized carbons (Fsp3) is 0.440. The van der Waals surface area contributed by atoms with E-state index in [1.165, 1.54) is 9.21 Å². The van der Waals surface area contributed by atoms with Gasteiger partial charge < -0.3 is 10.2 Å². The highest BCUT2D eigenvalue weighted by Gasteiger charge is 2.27. The van der Waals surface area contributed by atoms with Gasteiger partial charge in [-0.2, -0.15) is 0 Å². The third-order valence-electron chi connectivity index (χ3n) is 5.60. The number of sulfonamides is 1. The SMILES string of the molecule is CCCCNC(=O)[C@H](C)N(Cc1ccc(Cl)cc1Cl)C(=O)CCCN(c1cccc(Cl)c1)S(C)(=O)=O. The van der Waals surface area contributed by atoms with Crippen LogP contribution in [0.4, 0.5) is 5.69 Å². The van der Waals surface area contributed by atoms with E-state index in [1.807, 2.05) is 6.92 Å². The molecule has 7 nitrogen and oxygen atoms in total. The monoisotopic (exact) mass is 575 g/mol. The van der Waals surface area contributed by atoms with Crippen LogP contribution in [0.5, 0.6) is 0 Å². The van der Waals surface area contributed by atoms with Gasteiger partial charge in [0.15, 0.2) is 0 Å². The van der Waals surface area contributed by atoms with Crippen LogP contribution < -0.4 is 9.62 Å². The minimum absolute atomic E-state index is 0.0321. The van der Waals surface area contributed by atoms with Crippen molar-refractivity contribution in [1.29, 1.82) is 0 Å². The number of carbonyl (C=O) groups excluding carboxylic acids is 2. The predicted molar refractivity (Wildman–Crippen MR) is 147 cm³/mol. The summed E-state index contributed by atoms with van der Waals surface area (Å²) in [6.07, 6.45) is 3.15. The Labute approximate surface area is 228 Å². The van der Waals surface area contributed by atoms with Gasteiger partial charge in [0.05, 0.1) is 11.9 Å². The molecule has 36 heavy (non-hydrogen) atoms. The third-order valence-corrected chi connectivity index (χ3v) is 7.62. The van der Waals surface area contributed by atoms with Crippen molar-refractivity contribution in [3.05, 3.63) is 63.1 Å². The molecule has 0 spiro atoms. The van der Waals surface area contributed by atoms with Gasteiger partial charge in [-0.15, -0.1) is 0 Å². The zero-order valence-electron chi connectivity index (χ0n) is 20.6. The summed E-state index contributed by atoms with van der Waals surface area (Å²) in [6.45, 7) is 4.40. The predicted octanol–water partition coefficient (Wildman–Crippen LogP) is 5.53. The van der Waals surface area contributed by atoms with Crippen LogP contribution in [-0.2, 0) is 26.2 Å². The number of benzene rings is 2. The van der Waals surface area contributed by atoms with Crippen molar-refractivity contribution in [2.24, 2.45) is 0 Å². The van der Waals surface area contributed by atoms with Gasteiger partial charge in [-0.1, -0.05) is 60.3 Å². The second kappa shape index (κ2) is 14.1. The summed E-state index contributed by atoms with van der Waals surface area (Å²) in [4.78, 5) is 27.5. The minimum atomic E-state index is -3.60. The number of nitrogens with one attached hydrogen (secondary N) is 1. The van der Waals surface area contributed by atoms with Crippen molar-refractivity contribution in [2.45, 2.75) is 52.1 Å². The number of rotatable bonds is 13. The van der Waals surface area contributed by atoms with Crippen LogP contribution in [0.2, 0.25) is 15.1 Å². The summed E-state index contributed by atoms with van der Waals surface area (Å²) < 4.78 is 26.0. The lowest BCUT2D eigenvalue weighted by Gasteiger charge is -2.30. The number of unbranched alkanes of at least 4 members (excludes halogenated alkanes) is 1. The highest BCUT2D eigenvalue weighted by molar-refractivity contribution is 7.92.